The highest BCUT2D eigenvalue weighted by Gasteiger charge is 2.23. The van der Waals surface area contributed by atoms with Crippen molar-refractivity contribution in [2.75, 3.05) is 5.75 Å². The first-order chi connectivity index (χ1) is 11.5. The zero-order valence-electron chi connectivity index (χ0n) is 13.3. The number of amides is 1. The summed E-state index contributed by atoms with van der Waals surface area (Å²) in [5.41, 5.74) is 1.09. The van der Waals surface area contributed by atoms with Crippen LogP contribution in [0.3, 0.4) is 0 Å². The highest BCUT2D eigenvalue weighted by atomic mass is 32.2. The third-order valence-corrected chi connectivity index (χ3v) is 5.45. The lowest BCUT2D eigenvalue weighted by molar-refractivity contribution is -0.119. The molecule has 6 nitrogen and oxygen atoms in total. The van der Waals surface area contributed by atoms with Crippen molar-refractivity contribution in [3.8, 4) is 11.5 Å². The van der Waals surface area contributed by atoms with Crippen LogP contribution in [0.5, 0.6) is 0 Å². The summed E-state index contributed by atoms with van der Waals surface area (Å²) < 4.78 is 29.7. The molecule has 1 aliphatic rings. The zero-order valence-corrected chi connectivity index (χ0v) is 14.1. The molecule has 1 N–H and O–H groups in total. The first-order valence-electron chi connectivity index (χ1n) is 8.01. The number of rotatable bonds is 6. The van der Waals surface area contributed by atoms with Gasteiger partial charge in [0.05, 0.1) is 11.4 Å². The molecule has 24 heavy (non-hydrogen) atoms. The molecule has 3 rings (SSSR count). The van der Waals surface area contributed by atoms with E-state index >= 15 is 0 Å². The average molecular weight is 348 g/mol. The van der Waals surface area contributed by atoms with E-state index in [2.05, 4.69) is 10.3 Å². The third kappa shape index (κ3) is 4.44. The Kier molecular flexibility index (Phi) is 4.99. The van der Waals surface area contributed by atoms with Gasteiger partial charge in [-0.05, 0) is 25.0 Å². The van der Waals surface area contributed by atoms with Crippen LogP contribution in [0.4, 0.5) is 0 Å². The van der Waals surface area contributed by atoms with Crippen LogP contribution >= 0.6 is 0 Å². The number of oxazole rings is 1. The van der Waals surface area contributed by atoms with E-state index in [4.69, 9.17) is 4.42 Å². The maximum absolute atomic E-state index is 12.2. The van der Waals surface area contributed by atoms with Gasteiger partial charge in [-0.2, -0.15) is 0 Å². The number of nitrogens with one attached hydrogen (secondary N) is 1. The van der Waals surface area contributed by atoms with Crippen LogP contribution < -0.4 is 5.32 Å². The van der Waals surface area contributed by atoms with E-state index in [1.54, 1.807) is 0 Å². The first kappa shape index (κ1) is 16.7. The van der Waals surface area contributed by atoms with Gasteiger partial charge in [0.25, 0.3) is 0 Å². The van der Waals surface area contributed by atoms with E-state index in [1.807, 2.05) is 30.3 Å². The summed E-state index contributed by atoms with van der Waals surface area (Å²) in [6.07, 6.45) is 5.34. The lowest BCUT2D eigenvalue weighted by Gasteiger charge is -2.11. The molecular formula is C17H20N2O4S. The lowest BCUT2D eigenvalue weighted by atomic mass is 10.2. The SMILES string of the molecule is O=C(CS(=O)(=O)Cc1coc(-c2ccccc2)n1)NC1CCCC1. The van der Waals surface area contributed by atoms with Crippen molar-refractivity contribution in [1.29, 1.82) is 0 Å². The number of hydrogen-bond donors (Lipinski definition) is 1. The minimum atomic E-state index is -3.58. The van der Waals surface area contributed by atoms with Gasteiger partial charge in [-0.15, -0.1) is 0 Å². The third-order valence-electron chi connectivity index (χ3n) is 4.01. The van der Waals surface area contributed by atoms with Gasteiger partial charge in [-0.1, -0.05) is 31.0 Å². The van der Waals surface area contributed by atoms with E-state index in [0.29, 0.717) is 11.6 Å². The number of carbonyl (C=O) groups is 1. The van der Waals surface area contributed by atoms with Gasteiger partial charge in [0.15, 0.2) is 9.84 Å². The predicted octanol–water partition coefficient (Wildman–Crippen LogP) is 2.32. The molecular weight excluding hydrogens is 328 g/mol. The fourth-order valence-corrected chi connectivity index (χ4v) is 4.07. The minimum absolute atomic E-state index is 0.115. The fraction of sp³-hybridized carbons (Fsp3) is 0.412. The molecule has 0 aliphatic heterocycles. The molecule has 2 aromatic rings. The first-order valence-corrected chi connectivity index (χ1v) is 9.83. The molecule has 1 fully saturated rings. The van der Waals surface area contributed by atoms with Crippen LogP contribution in [0, 0.1) is 0 Å². The molecule has 1 amide bonds. The van der Waals surface area contributed by atoms with Crippen molar-refractivity contribution in [3.63, 3.8) is 0 Å². The molecule has 1 aromatic carbocycles. The van der Waals surface area contributed by atoms with Gasteiger partial charge in [0, 0.05) is 11.6 Å². The van der Waals surface area contributed by atoms with Gasteiger partial charge in [-0.25, -0.2) is 13.4 Å². The Labute approximate surface area is 141 Å². The number of nitrogens with zero attached hydrogens (tertiary/aromatic N) is 1. The average Bonchev–Trinajstić information content (AvgIpc) is 3.19. The molecule has 0 radical (unpaired) electrons. The van der Waals surface area contributed by atoms with Crippen molar-refractivity contribution in [1.82, 2.24) is 10.3 Å². The number of aromatic nitrogens is 1. The Balaban J connectivity index is 1.60. The van der Waals surface area contributed by atoms with Crippen molar-refractivity contribution in [3.05, 3.63) is 42.3 Å². The smallest absolute Gasteiger partial charge is 0.235 e. The lowest BCUT2D eigenvalue weighted by Crippen LogP contribution is -2.37. The normalized spacial score (nSPS) is 15.5. The van der Waals surface area contributed by atoms with Gasteiger partial charge < -0.3 is 9.73 Å². The summed E-state index contributed by atoms with van der Waals surface area (Å²) in [6, 6.07) is 9.36. The summed E-state index contributed by atoms with van der Waals surface area (Å²) >= 11 is 0. The zero-order chi connectivity index (χ0) is 17.0. The van der Waals surface area contributed by atoms with Gasteiger partial charge in [0.1, 0.15) is 12.0 Å². The maximum Gasteiger partial charge on any atom is 0.235 e. The van der Waals surface area contributed by atoms with E-state index in [-0.39, 0.29) is 11.8 Å². The van der Waals surface area contributed by atoms with E-state index < -0.39 is 21.5 Å². The number of benzene rings is 1. The minimum Gasteiger partial charge on any atom is -0.444 e. The van der Waals surface area contributed by atoms with E-state index in [0.717, 1.165) is 31.2 Å². The quantitative estimate of drug-likeness (QED) is 0.865. The molecule has 0 unspecified atom stereocenters. The molecule has 7 heteroatoms. The van der Waals surface area contributed by atoms with Crippen LogP contribution in [0.15, 0.2) is 41.0 Å². The summed E-state index contributed by atoms with van der Waals surface area (Å²) in [6.45, 7) is 0. The fourth-order valence-electron chi connectivity index (χ4n) is 2.90. The second kappa shape index (κ2) is 7.17. The number of hydrogen-bond acceptors (Lipinski definition) is 5. The Morgan fingerprint density at radius 3 is 2.62 bits per heavy atom. The van der Waals surface area contributed by atoms with Crippen molar-refractivity contribution >= 4 is 15.7 Å². The summed E-state index contributed by atoms with van der Waals surface area (Å²) in [7, 11) is -3.58. The van der Waals surface area contributed by atoms with Gasteiger partial charge in [0.2, 0.25) is 11.8 Å². The second-order valence-electron chi connectivity index (χ2n) is 6.09. The molecule has 0 spiro atoms. The van der Waals surface area contributed by atoms with Gasteiger partial charge >= 0.3 is 0 Å². The number of carbonyl (C=O) groups excluding carboxylic acids is 1. The molecule has 128 valence electrons. The Bertz CT molecular complexity index is 793. The standard InChI is InChI=1S/C17H20N2O4S/c20-16(18-14-8-4-5-9-14)12-24(21,22)11-15-10-23-17(19-15)13-6-2-1-3-7-13/h1-3,6-7,10,14H,4-5,8-9,11-12H2,(H,18,20). The van der Waals surface area contributed by atoms with Gasteiger partial charge in [-0.3, -0.25) is 4.79 Å². The topological polar surface area (TPSA) is 89.3 Å². The molecule has 1 saturated carbocycles. The van der Waals surface area contributed by atoms with E-state index in [9.17, 15) is 13.2 Å². The summed E-state index contributed by atoms with van der Waals surface area (Å²) in [4.78, 5) is 16.1. The molecule has 1 aromatic heterocycles. The molecule has 1 heterocycles. The summed E-state index contributed by atoms with van der Waals surface area (Å²) in [5, 5.41) is 2.79. The van der Waals surface area contributed by atoms with Crippen molar-refractivity contribution in [2.24, 2.45) is 0 Å². The van der Waals surface area contributed by atoms with Crippen LogP contribution in [-0.2, 0) is 20.4 Å². The van der Waals surface area contributed by atoms with Crippen molar-refractivity contribution < 1.29 is 17.6 Å². The predicted molar refractivity (Wildman–Crippen MR) is 89.8 cm³/mol. The van der Waals surface area contributed by atoms with Crippen molar-refractivity contribution in [2.45, 2.75) is 37.5 Å². The molecule has 0 bridgehead atoms. The second-order valence-corrected chi connectivity index (χ2v) is 8.16. The van der Waals surface area contributed by atoms with Crippen LogP contribution in [0.1, 0.15) is 31.4 Å². The van der Waals surface area contributed by atoms with Crippen LogP contribution in [-0.4, -0.2) is 31.1 Å². The monoisotopic (exact) mass is 348 g/mol. The highest BCUT2D eigenvalue weighted by molar-refractivity contribution is 7.91. The van der Waals surface area contributed by atoms with Crippen LogP contribution in [0.25, 0.3) is 11.5 Å². The van der Waals surface area contributed by atoms with Crippen LogP contribution in [0.2, 0.25) is 0 Å². The molecule has 0 atom stereocenters. The highest BCUT2D eigenvalue weighted by Crippen LogP contribution is 2.20. The Hall–Kier alpha value is -2.15. The van der Waals surface area contributed by atoms with E-state index in [1.165, 1.54) is 6.26 Å². The Morgan fingerprint density at radius 2 is 1.92 bits per heavy atom. The Morgan fingerprint density at radius 1 is 1.21 bits per heavy atom. The molecule has 0 saturated heterocycles. The largest absolute Gasteiger partial charge is 0.444 e. The number of sulfone groups is 1. The summed E-state index contributed by atoms with van der Waals surface area (Å²) in [5.74, 6) is -0.886. The molecule has 1 aliphatic carbocycles. The maximum atomic E-state index is 12.2.